The Morgan fingerprint density at radius 3 is 2.13 bits per heavy atom. The number of amides is 1. The predicted molar refractivity (Wildman–Crippen MR) is 174 cm³/mol. The van der Waals surface area contributed by atoms with Crippen molar-refractivity contribution in [2.24, 2.45) is 5.14 Å². The summed E-state index contributed by atoms with van der Waals surface area (Å²) in [4.78, 5) is 25.1. The van der Waals surface area contributed by atoms with Gasteiger partial charge in [0.1, 0.15) is 11.5 Å². The molecule has 4 rings (SSSR count). The summed E-state index contributed by atoms with van der Waals surface area (Å²) in [5.74, 6) is -2.17. The molecule has 0 spiro atoms. The number of aliphatic hydroxyl groups excluding tert-OH is 2. The van der Waals surface area contributed by atoms with Gasteiger partial charge in [-0.25, -0.2) is 17.9 Å². The van der Waals surface area contributed by atoms with Crippen molar-refractivity contribution in [1.29, 1.82) is 0 Å². The minimum absolute atomic E-state index is 0. The third kappa shape index (κ3) is 9.13. The first-order chi connectivity index (χ1) is 21.3. The third-order valence-corrected chi connectivity index (χ3v) is 8.23. The Morgan fingerprint density at radius 1 is 0.913 bits per heavy atom. The molecule has 0 bridgehead atoms. The molecule has 0 saturated carbocycles. The molecule has 46 heavy (non-hydrogen) atoms. The van der Waals surface area contributed by atoms with Crippen molar-refractivity contribution in [3.05, 3.63) is 96.1 Å². The van der Waals surface area contributed by atoms with E-state index < -0.39 is 46.3 Å². The van der Waals surface area contributed by atoms with E-state index in [1.54, 1.807) is 12.1 Å². The second-order valence-electron chi connectivity index (χ2n) is 11.1. The van der Waals surface area contributed by atoms with E-state index in [1.165, 1.54) is 36.4 Å². The monoisotopic (exact) mass is 660 g/mol. The number of carbonyl (C=O) groups is 2. The van der Waals surface area contributed by atoms with Gasteiger partial charge in [-0.1, -0.05) is 48.5 Å². The summed E-state index contributed by atoms with van der Waals surface area (Å²) >= 11 is 0. The number of nitrogens with one attached hydrogen (secondary N) is 1. The standard InChI is InChI=1S/C33H36FN3O7S.Na/c1-20(2)37-28(16-15-25(38)18-26(39)19-29(40)41)30(22-11-13-23(34)14-12-22)31(21-7-4-3-5-8-21)32(37)33(42)36-24-9-6-10-27(17-24)45(35,43)44;/h3-14,17,20,25-26,38-39H,15-16,18-19H2,1-2H3,(H,36,42)(H,40,41)(H2,35,43,44);/t25-,26-;/m1./s1. The Kier molecular flexibility index (Phi) is 12.9. The maximum atomic E-state index is 14.2. The van der Waals surface area contributed by atoms with Crippen LogP contribution in [0.15, 0.2) is 83.8 Å². The minimum Gasteiger partial charge on any atom is -0.481 e. The Morgan fingerprint density at radius 2 is 1.54 bits per heavy atom. The molecule has 0 aliphatic heterocycles. The van der Waals surface area contributed by atoms with Gasteiger partial charge in [0.25, 0.3) is 5.91 Å². The second-order valence-corrected chi connectivity index (χ2v) is 12.7. The molecule has 2 atom stereocenters. The van der Waals surface area contributed by atoms with E-state index in [0.717, 1.165) is 0 Å². The van der Waals surface area contributed by atoms with Gasteiger partial charge in [0.2, 0.25) is 10.0 Å². The van der Waals surface area contributed by atoms with Gasteiger partial charge >= 0.3 is 5.97 Å². The number of sulfonamides is 1. The predicted octanol–water partition coefficient (Wildman–Crippen LogP) is 4.58. The molecular weight excluding hydrogens is 624 g/mol. The zero-order valence-electron chi connectivity index (χ0n) is 25.9. The van der Waals surface area contributed by atoms with E-state index in [4.69, 9.17) is 10.2 Å². The molecule has 1 aromatic heterocycles. The van der Waals surface area contributed by atoms with Crippen molar-refractivity contribution in [2.45, 2.75) is 62.7 Å². The number of nitrogens with zero attached hydrogens (tertiary/aromatic N) is 1. The minimum atomic E-state index is -4.03. The number of aromatic nitrogens is 1. The zero-order chi connectivity index (χ0) is 32.9. The van der Waals surface area contributed by atoms with Crippen LogP contribution in [0.5, 0.6) is 0 Å². The molecule has 0 saturated heterocycles. The van der Waals surface area contributed by atoms with Crippen molar-refractivity contribution >= 4 is 57.1 Å². The summed E-state index contributed by atoms with van der Waals surface area (Å²) in [5, 5.41) is 38.0. The van der Waals surface area contributed by atoms with Gasteiger partial charge in [0.15, 0.2) is 0 Å². The fourth-order valence-corrected chi connectivity index (χ4v) is 6.01. The maximum Gasteiger partial charge on any atom is 0.305 e. The number of carboxylic acids is 1. The Bertz CT molecular complexity index is 1780. The number of carbonyl (C=O) groups excluding carboxylic acids is 1. The van der Waals surface area contributed by atoms with Crippen LogP contribution in [0, 0.1) is 5.82 Å². The Balaban J connectivity index is 0.00000576. The molecule has 1 radical (unpaired) electrons. The van der Waals surface area contributed by atoms with E-state index in [2.05, 4.69) is 5.32 Å². The number of halogens is 1. The van der Waals surface area contributed by atoms with Crippen molar-refractivity contribution in [2.75, 3.05) is 5.32 Å². The number of nitrogens with two attached hydrogens (primary N) is 1. The van der Waals surface area contributed by atoms with E-state index in [-0.39, 0.29) is 71.1 Å². The van der Waals surface area contributed by atoms with Crippen LogP contribution in [0.25, 0.3) is 22.3 Å². The Hall–Kier alpha value is -3.36. The molecule has 6 N–H and O–H groups in total. The normalized spacial score (nSPS) is 12.8. The number of benzene rings is 3. The fraction of sp³-hybridized carbons (Fsp3) is 0.273. The number of rotatable bonds is 13. The first kappa shape index (κ1) is 37.1. The summed E-state index contributed by atoms with van der Waals surface area (Å²) in [6.45, 7) is 3.77. The molecular formula is C33H36FN3NaO7S. The summed E-state index contributed by atoms with van der Waals surface area (Å²) < 4.78 is 39.8. The number of carboxylic acid groups (broad SMARTS) is 1. The van der Waals surface area contributed by atoms with E-state index in [0.29, 0.717) is 27.9 Å². The van der Waals surface area contributed by atoms with E-state index in [1.807, 2.05) is 48.7 Å². The number of aliphatic carboxylic acids is 1. The molecule has 1 amide bonds. The smallest absolute Gasteiger partial charge is 0.305 e. The first-order valence-electron chi connectivity index (χ1n) is 14.4. The van der Waals surface area contributed by atoms with Gasteiger partial charge in [0.05, 0.1) is 23.5 Å². The summed E-state index contributed by atoms with van der Waals surface area (Å²) in [7, 11) is -4.03. The maximum absolute atomic E-state index is 14.2. The molecule has 10 nitrogen and oxygen atoms in total. The van der Waals surface area contributed by atoms with Crippen LogP contribution in [-0.4, -0.2) is 81.9 Å². The summed E-state index contributed by atoms with van der Waals surface area (Å²) in [6, 6.07) is 20.3. The molecule has 4 aromatic rings. The number of aliphatic hydroxyl groups is 2. The van der Waals surface area contributed by atoms with Gasteiger partial charge < -0.3 is 25.2 Å². The van der Waals surface area contributed by atoms with Gasteiger partial charge in [-0.2, -0.15) is 0 Å². The number of anilines is 1. The quantitative estimate of drug-likeness (QED) is 0.131. The van der Waals surface area contributed by atoms with E-state index >= 15 is 0 Å². The molecule has 0 aliphatic rings. The molecule has 1 heterocycles. The van der Waals surface area contributed by atoms with Crippen LogP contribution < -0.4 is 10.5 Å². The fourth-order valence-electron chi connectivity index (χ4n) is 5.45. The van der Waals surface area contributed by atoms with Gasteiger partial charge in [-0.05, 0) is 74.6 Å². The molecule has 13 heteroatoms. The number of hydrogen-bond donors (Lipinski definition) is 5. The Labute approximate surface area is 289 Å². The van der Waals surface area contributed by atoms with Crippen LogP contribution in [-0.2, 0) is 21.2 Å². The average Bonchev–Trinajstić information content (AvgIpc) is 3.32. The number of primary sulfonamides is 1. The second kappa shape index (κ2) is 16.0. The van der Waals surface area contributed by atoms with Crippen molar-refractivity contribution < 1.29 is 37.7 Å². The summed E-state index contributed by atoms with van der Waals surface area (Å²) in [5.41, 5.74) is 3.61. The van der Waals surface area contributed by atoms with Gasteiger partial charge in [-0.3, -0.25) is 9.59 Å². The summed E-state index contributed by atoms with van der Waals surface area (Å²) in [6.07, 6.45) is -2.59. The van der Waals surface area contributed by atoms with Gasteiger partial charge in [0, 0.05) is 58.1 Å². The SMILES string of the molecule is CC(C)n1c(CC[C@@H](O)C[C@@H](O)CC(=O)O)c(-c2ccc(F)cc2)c(-c2ccccc2)c1C(=O)Nc1cccc(S(N)(=O)=O)c1.[Na]. The van der Waals surface area contributed by atoms with Crippen LogP contribution in [0.3, 0.4) is 0 Å². The van der Waals surface area contributed by atoms with Crippen LogP contribution in [0.4, 0.5) is 10.1 Å². The molecule has 0 fully saturated rings. The third-order valence-electron chi connectivity index (χ3n) is 7.32. The molecule has 0 aliphatic carbocycles. The largest absolute Gasteiger partial charge is 0.481 e. The van der Waals surface area contributed by atoms with E-state index in [9.17, 15) is 32.6 Å². The first-order valence-corrected chi connectivity index (χ1v) is 15.9. The molecule has 0 unspecified atom stereocenters. The molecule has 3 aromatic carbocycles. The van der Waals surface area contributed by atoms with Crippen LogP contribution >= 0.6 is 0 Å². The van der Waals surface area contributed by atoms with Crippen molar-refractivity contribution in [3.63, 3.8) is 0 Å². The van der Waals surface area contributed by atoms with Gasteiger partial charge in [-0.15, -0.1) is 0 Å². The van der Waals surface area contributed by atoms with Crippen molar-refractivity contribution in [1.82, 2.24) is 4.57 Å². The number of hydrogen-bond acceptors (Lipinski definition) is 6. The average molecular weight is 661 g/mol. The topological polar surface area (TPSA) is 172 Å². The zero-order valence-corrected chi connectivity index (χ0v) is 28.7. The molecule has 239 valence electrons. The van der Waals surface area contributed by atoms with Crippen LogP contribution in [0.1, 0.15) is 55.3 Å². The van der Waals surface area contributed by atoms with Crippen LogP contribution in [0.2, 0.25) is 0 Å². The van der Waals surface area contributed by atoms with Crippen molar-refractivity contribution in [3.8, 4) is 22.3 Å².